The van der Waals surface area contributed by atoms with Crippen molar-refractivity contribution in [3.8, 4) is 0 Å². The Morgan fingerprint density at radius 1 is 1.43 bits per heavy atom. The van der Waals surface area contributed by atoms with Gasteiger partial charge in [0.2, 0.25) is 0 Å². The van der Waals surface area contributed by atoms with Crippen LogP contribution in [0, 0.1) is 0 Å². The molecular formula is C16H21FN4. The standard InChI is InChI=1S/C16H21FN4/c1-6-8-18-10-11(7-2)13-9-12(17)14-19-15(16(3,4)5)20-21(13)14/h6-8,10,12-13H,1-2,9H2,3-5H3/b11-10+,18-8-. The Hall–Kier alpha value is -2.04. The number of allylic oxidation sites excluding steroid dienone is 3. The van der Waals surface area contributed by atoms with Crippen LogP contribution in [-0.4, -0.2) is 21.0 Å². The summed E-state index contributed by atoms with van der Waals surface area (Å²) in [6.07, 6.45) is 5.73. The van der Waals surface area contributed by atoms with Gasteiger partial charge in [0.1, 0.15) is 0 Å². The highest BCUT2D eigenvalue weighted by molar-refractivity contribution is 5.70. The van der Waals surface area contributed by atoms with Crippen molar-refractivity contribution in [2.45, 2.75) is 44.8 Å². The smallest absolute Gasteiger partial charge is 0.162 e. The Bertz CT molecular complexity index is 604. The third-order valence-electron chi connectivity index (χ3n) is 3.37. The van der Waals surface area contributed by atoms with E-state index in [2.05, 4.69) is 28.2 Å². The van der Waals surface area contributed by atoms with E-state index in [1.807, 2.05) is 20.8 Å². The molecule has 0 saturated carbocycles. The molecule has 0 aliphatic carbocycles. The number of aliphatic imine (C=N–C) groups is 1. The largest absolute Gasteiger partial charge is 0.264 e. The van der Waals surface area contributed by atoms with E-state index in [1.54, 1.807) is 29.2 Å². The lowest BCUT2D eigenvalue weighted by Gasteiger charge is -2.15. The van der Waals surface area contributed by atoms with Gasteiger partial charge < -0.3 is 0 Å². The van der Waals surface area contributed by atoms with Gasteiger partial charge in [0.15, 0.2) is 17.8 Å². The Balaban J connectivity index is 2.40. The summed E-state index contributed by atoms with van der Waals surface area (Å²) < 4.78 is 15.9. The van der Waals surface area contributed by atoms with Gasteiger partial charge in [-0.1, -0.05) is 46.1 Å². The molecule has 1 aliphatic heterocycles. The maximum atomic E-state index is 14.2. The Kier molecular flexibility index (Phi) is 4.21. The van der Waals surface area contributed by atoms with Crippen molar-refractivity contribution < 1.29 is 4.39 Å². The molecule has 2 heterocycles. The molecule has 0 bridgehead atoms. The van der Waals surface area contributed by atoms with Crippen LogP contribution in [0.3, 0.4) is 0 Å². The minimum atomic E-state index is -1.11. The molecule has 21 heavy (non-hydrogen) atoms. The third-order valence-corrected chi connectivity index (χ3v) is 3.37. The number of rotatable bonds is 4. The second-order valence-electron chi connectivity index (χ2n) is 6.07. The summed E-state index contributed by atoms with van der Waals surface area (Å²) in [4.78, 5) is 8.47. The molecule has 2 atom stereocenters. The van der Waals surface area contributed by atoms with Crippen LogP contribution in [-0.2, 0) is 5.41 Å². The topological polar surface area (TPSA) is 43.1 Å². The molecule has 1 aromatic rings. The Labute approximate surface area is 124 Å². The predicted molar refractivity (Wildman–Crippen MR) is 83.2 cm³/mol. The van der Waals surface area contributed by atoms with Gasteiger partial charge in [-0.25, -0.2) is 14.1 Å². The Morgan fingerprint density at radius 3 is 2.71 bits per heavy atom. The van der Waals surface area contributed by atoms with Crippen LogP contribution in [0.25, 0.3) is 0 Å². The summed E-state index contributed by atoms with van der Waals surface area (Å²) in [5, 5.41) is 4.50. The molecule has 0 fully saturated rings. The van der Waals surface area contributed by atoms with Crippen LogP contribution in [0.15, 0.2) is 42.1 Å². The normalized spacial score (nSPS) is 22.6. The van der Waals surface area contributed by atoms with E-state index in [4.69, 9.17) is 0 Å². The van der Waals surface area contributed by atoms with Crippen molar-refractivity contribution >= 4 is 6.21 Å². The molecule has 2 rings (SSSR count). The van der Waals surface area contributed by atoms with Crippen LogP contribution in [0.2, 0.25) is 0 Å². The predicted octanol–water partition coefficient (Wildman–Crippen LogP) is 3.86. The first kappa shape index (κ1) is 15.4. The number of fused-ring (bicyclic) bond motifs is 1. The van der Waals surface area contributed by atoms with E-state index in [0.29, 0.717) is 18.1 Å². The van der Waals surface area contributed by atoms with Gasteiger partial charge in [-0.3, -0.25) is 4.99 Å². The quantitative estimate of drug-likeness (QED) is 0.623. The van der Waals surface area contributed by atoms with E-state index in [1.165, 1.54) is 0 Å². The van der Waals surface area contributed by atoms with Gasteiger partial charge in [-0.15, -0.1) is 0 Å². The molecule has 0 N–H and O–H groups in total. The maximum Gasteiger partial charge on any atom is 0.162 e. The minimum absolute atomic E-state index is 0.208. The van der Waals surface area contributed by atoms with Crippen molar-refractivity contribution in [2.24, 2.45) is 4.99 Å². The second kappa shape index (κ2) is 5.76. The van der Waals surface area contributed by atoms with Crippen molar-refractivity contribution in [3.63, 3.8) is 0 Å². The molecule has 0 saturated heterocycles. The summed E-state index contributed by atoms with van der Waals surface area (Å²) >= 11 is 0. The van der Waals surface area contributed by atoms with Crippen LogP contribution < -0.4 is 0 Å². The average Bonchev–Trinajstić information content (AvgIpc) is 2.96. The van der Waals surface area contributed by atoms with Crippen LogP contribution >= 0.6 is 0 Å². The van der Waals surface area contributed by atoms with Gasteiger partial charge >= 0.3 is 0 Å². The molecule has 0 spiro atoms. The molecule has 0 radical (unpaired) electrons. The minimum Gasteiger partial charge on any atom is -0.264 e. The zero-order valence-corrected chi connectivity index (χ0v) is 12.8. The fourth-order valence-electron chi connectivity index (χ4n) is 2.24. The lowest BCUT2D eigenvalue weighted by molar-refractivity contribution is 0.326. The van der Waals surface area contributed by atoms with Crippen molar-refractivity contribution in [1.82, 2.24) is 14.8 Å². The molecular weight excluding hydrogens is 267 g/mol. The number of aromatic nitrogens is 3. The molecule has 0 amide bonds. The van der Waals surface area contributed by atoms with Crippen LogP contribution in [0.1, 0.15) is 51.1 Å². The molecule has 1 aliphatic rings. The van der Waals surface area contributed by atoms with Gasteiger partial charge in [0, 0.05) is 24.3 Å². The van der Waals surface area contributed by atoms with E-state index >= 15 is 0 Å². The molecule has 2 unspecified atom stereocenters. The highest BCUT2D eigenvalue weighted by Gasteiger charge is 2.37. The SMILES string of the molecule is C=C/C=N\C=C(/C=C)C1CC(F)c2nc(C(C)(C)C)nn21. The van der Waals surface area contributed by atoms with Crippen molar-refractivity contribution in [3.05, 3.63) is 48.7 Å². The molecule has 1 aromatic heterocycles. The zero-order chi connectivity index (χ0) is 15.6. The fourth-order valence-corrected chi connectivity index (χ4v) is 2.24. The summed E-state index contributed by atoms with van der Waals surface area (Å²) in [5.74, 6) is 1.05. The lowest BCUT2D eigenvalue weighted by Crippen LogP contribution is -2.16. The van der Waals surface area contributed by atoms with Crippen LogP contribution in [0.4, 0.5) is 4.39 Å². The summed E-state index contributed by atoms with van der Waals surface area (Å²) in [5.41, 5.74) is 0.612. The molecule has 4 nitrogen and oxygen atoms in total. The number of hydrogen-bond donors (Lipinski definition) is 0. The monoisotopic (exact) mass is 288 g/mol. The van der Waals surface area contributed by atoms with Crippen molar-refractivity contribution in [2.75, 3.05) is 0 Å². The van der Waals surface area contributed by atoms with Gasteiger partial charge in [-0.2, -0.15) is 5.10 Å². The average molecular weight is 288 g/mol. The third kappa shape index (κ3) is 3.01. The van der Waals surface area contributed by atoms with Gasteiger partial charge in [0.05, 0.1) is 6.04 Å². The number of nitrogens with zero attached hydrogens (tertiary/aromatic N) is 4. The van der Waals surface area contributed by atoms with E-state index in [0.717, 1.165) is 5.57 Å². The Morgan fingerprint density at radius 2 is 2.14 bits per heavy atom. The summed E-state index contributed by atoms with van der Waals surface area (Å²) in [7, 11) is 0. The lowest BCUT2D eigenvalue weighted by atomic mass is 9.96. The van der Waals surface area contributed by atoms with Gasteiger partial charge in [-0.05, 0) is 5.57 Å². The fraction of sp³-hybridized carbons (Fsp3) is 0.438. The van der Waals surface area contributed by atoms with Crippen LogP contribution in [0.5, 0.6) is 0 Å². The zero-order valence-electron chi connectivity index (χ0n) is 12.8. The molecule has 112 valence electrons. The van der Waals surface area contributed by atoms with E-state index in [9.17, 15) is 4.39 Å². The maximum absolute atomic E-state index is 14.2. The van der Waals surface area contributed by atoms with Gasteiger partial charge in [0.25, 0.3) is 0 Å². The number of halogens is 1. The van der Waals surface area contributed by atoms with Crippen molar-refractivity contribution in [1.29, 1.82) is 0 Å². The summed E-state index contributed by atoms with van der Waals surface area (Å²) in [6, 6.07) is -0.210. The van der Waals surface area contributed by atoms with E-state index in [-0.39, 0.29) is 11.5 Å². The first-order valence-corrected chi connectivity index (χ1v) is 6.96. The highest BCUT2D eigenvalue weighted by Crippen LogP contribution is 2.40. The number of hydrogen-bond acceptors (Lipinski definition) is 3. The first-order chi connectivity index (χ1) is 9.88. The highest BCUT2D eigenvalue weighted by atomic mass is 19.1. The molecule has 5 heteroatoms. The summed E-state index contributed by atoms with van der Waals surface area (Å²) in [6.45, 7) is 13.4. The number of alkyl halides is 1. The van der Waals surface area contributed by atoms with E-state index < -0.39 is 6.17 Å². The first-order valence-electron chi connectivity index (χ1n) is 6.96. The molecule has 0 aromatic carbocycles. The second-order valence-corrected chi connectivity index (χ2v) is 6.07.